The summed E-state index contributed by atoms with van der Waals surface area (Å²) in [6.07, 6.45) is 1.61. The van der Waals surface area contributed by atoms with Crippen LogP contribution in [0.2, 0.25) is 0 Å². The molecule has 1 aliphatic rings. The van der Waals surface area contributed by atoms with Crippen molar-refractivity contribution in [2.24, 2.45) is 0 Å². The van der Waals surface area contributed by atoms with Gasteiger partial charge in [-0.15, -0.1) is 0 Å². The fourth-order valence-electron chi connectivity index (χ4n) is 1.58. The van der Waals surface area contributed by atoms with Crippen LogP contribution in [0, 0.1) is 0 Å². The normalized spacial score (nSPS) is 27.5. The Morgan fingerprint density at radius 1 is 1.50 bits per heavy atom. The molecule has 0 spiro atoms. The van der Waals surface area contributed by atoms with Crippen LogP contribution in [0.25, 0.3) is 0 Å². The lowest BCUT2D eigenvalue weighted by molar-refractivity contribution is 0.0766. The van der Waals surface area contributed by atoms with Gasteiger partial charge in [0.2, 0.25) is 0 Å². The molecule has 1 unspecified atom stereocenters. The third kappa shape index (κ3) is 4.39. The quantitative estimate of drug-likeness (QED) is 0.700. The molecule has 4 nitrogen and oxygen atoms in total. The summed E-state index contributed by atoms with van der Waals surface area (Å²) in [7, 11) is -2.84. The van der Waals surface area contributed by atoms with E-state index in [4.69, 9.17) is 0 Å². The Labute approximate surface area is 85.6 Å². The molecule has 0 amide bonds. The van der Waals surface area contributed by atoms with Gasteiger partial charge in [0.25, 0.3) is 0 Å². The highest BCUT2D eigenvalue weighted by Gasteiger charge is 2.25. The Morgan fingerprint density at radius 2 is 2.14 bits per heavy atom. The van der Waals surface area contributed by atoms with Crippen molar-refractivity contribution in [1.29, 1.82) is 0 Å². The smallest absolute Gasteiger partial charge is 0.151 e. The van der Waals surface area contributed by atoms with E-state index in [0.717, 1.165) is 12.8 Å². The summed E-state index contributed by atoms with van der Waals surface area (Å²) in [5.41, 5.74) is -0.777. The standard InChI is InChI=1S/C9H19NO3S/c1-9(2,11)7-10-8-4-3-5-14(12,13)6-8/h8,10-11H,3-7H2,1-2H3. The number of hydrogen-bond donors (Lipinski definition) is 2. The fraction of sp³-hybridized carbons (Fsp3) is 1.00. The van der Waals surface area contributed by atoms with Gasteiger partial charge in [0.05, 0.1) is 17.1 Å². The second kappa shape index (κ2) is 4.16. The first-order valence-electron chi connectivity index (χ1n) is 4.95. The summed E-state index contributed by atoms with van der Waals surface area (Å²) in [5, 5.41) is 12.6. The first kappa shape index (κ1) is 11.9. The van der Waals surface area contributed by atoms with Crippen LogP contribution < -0.4 is 5.32 Å². The number of sulfone groups is 1. The van der Waals surface area contributed by atoms with E-state index in [-0.39, 0.29) is 11.8 Å². The molecule has 0 aromatic carbocycles. The van der Waals surface area contributed by atoms with Gasteiger partial charge in [-0.2, -0.15) is 0 Å². The van der Waals surface area contributed by atoms with Gasteiger partial charge in [0.1, 0.15) is 0 Å². The Morgan fingerprint density at radius 3 is 2.64 bits per heavy atom. The summed E-state index contributed by atoms with van der Waals surface area (Å²) in [6, 6.07) is 0.0141. The molecule has 1 saturated heterocycles. The highest BCUT2D eigenvalue weighted by molar-refractivity contribution is 7.91. The lowest BCUT2D eigenvalue weighted by Gasteiger charge is -2.26. The molecule has 0 bridgehead atoms. The van der Waals surface area contributed by atoms with Crippen molar-refractivity contribution < 1.29 is 13.5 Å². The van der Waals surface area contributed by atoms with Gasteiger partial charge in [-0.3, -0.25) is 0 Å². The van der Waals surface area contributed by atoms with E-state index < -0.39 is 15.4 Å². The van der Waals surface area contributed by atoms with E-state index in [2.05, 4.69) is 5.32 Å². The predicted octanol–water partition coefficient (Wildman–Crippen LogP) is -0.0759. The zero-order valence-electron chi connectivity index (χ0n) is 8.78. The van der Waals surface area contributed by atoms with Gasteiger partial charge >= 0.3 is 0 Å². The summed E-state index contributed by atoms with van der Waals surface area (Å²) < 4.78 is 22.6. The highest BCUT2D eigenvalue weighted by atomic mass is 32.2. The summed E-state index contributed by atoms with van der Waals surface area (Å²) >= 11 is 0. The van der Waals surface area contributed by atoms with Crippen LogP contribution in [0.1, 0.15) is 26.7 Å². The van der Waals surface area contributed by atoms with Crippen LogP contribution in [0.4, 0.5) is 0 Å². The SMILES string of the molecule is CC(C)(O)CNC1CCCS(=O)(=O)C1. The number of nitrogens with one attached hydrogen (secondary N) is 1. The molecule has 0 aromatic rings. The van der Waals surface area contributed by atoms with Crippen LogP contribution in [-0.2, 0) is 9.84 Å². The third-order valence-electron chi connectivity index (χ3n) is 2.29. The van der Waals surface area contributed by atoms with Crippen molar-refractivity contribution in [3.8, 4) is 0 Å². The third-order valence-corrected chi connectivity index (χ3v) is 4.11. The molecule has 0 radical (unpaired) electrons. The molecule has 14 heavy (non-hydrogen) atoms. The van der Waals surface area contributed by atoms with E-state index in [0.29, 0.717) is 12.3 Å². The minimum Gasteiger partial charge on any atom is -0.389 e. The molecule has 0 aliphatic carbocycles. The van der Waals surface area contributed by atoms with Crippen LogP contribution in [0.5, 0.6) is 0 Å². The van der Waals surface area contributed by atoms with Gasteiger partial charge < -0.3 is 10.4 Å². The molecular formula is C9H19NO3S. The van der Waals surface area contributed by atoms with Crippen LogP contribution >= 0.6 is 0 Å². The van der Waals surface area contributed by atoms with Crippen molar-refractivity contribution in [2.45, 2.75) is 38.3 Å². The monoisotopic (exact) mass is 221 g/mol. The van der Waals surface area contributed by atoms with E-state index in [9.17, 15) is 13.5 Å². The summed E-state index contributed by atoms with van der Waals surface area (Å²) in [5.74, 6) is 0.525. The fourth-order valence-corrected chi connectivity index (χ4v) is 3.25. The van der Waals surface area contributed by atoms with Crippen molar-refractivity contribution in [2.75, 3.05) is 18.1 Å². The molecule has 1 atom stereocenters. The van der Waals surface area contributed by atoms with Crippen LogP contribution in [-0.4, -0.2) is 43.2 Å². The van der Waals surface area contributed by atoms with Crippen molar-refractivity contribution >= 4 is 9.84 Å². The van der Waals surface area contributed by atoms with Crippen LogP contribution in [0.3, 0.4) is 0 Å². The Kier molecular flexibility index (Phi) is 3.55. The molecule has 1 rings (SSSR count). The maximum absolute atomic E-state index is 11.3. The molecular weight excluding hydrogens is 202 g/mol. The molecule has 1 heterocycles. The number of aliphatic hydroxyl groups is 1. The van der Waals surface area contributed by atoms with E-state index in [1.54, 1.807) is 13.8 Å². The number of rotatable bonds is 3. The molecule has 5 heteroatoms. The van der Waals surface area contributed by atoms with Crippen LogP contribution in [0.15, 0.2) is 0 Å². The molecule has 2 N–H and O–H groups in total. The zero-order valence-corrected chi connectivity index (χ0v) is 9.60. The molecule has 0 aromatic heterocycles. The van der Waals surface area contributed by atoms with Gasteiger partial charge in [0, 0.05) is 12.6 Å². The average molecular weight is 221 g/mol. The van der Waals surface area contributed by atoms with Crippen molar-refractivity contribution in [1.82, 2.24) is 5.32 Å². The first-order chi connectivity index (χ1) is 6.29. The molecule has 1 fully saturated rings. The molecule has 1 aliphatic heterocycles. The maximum Gasteiger partial charge on any atom is 0.151 e. The Balaban J connectivity index is 2.39. The first-order valence-corrected chi connectivity index (χ1v) is 6.77. The molecule has 84 valence electrons. The summed E-state index contributed by atoms with van der Waals surface area (Å²) in [4.78, 5) is 0. The minimum absolute atomic E-state index is 0.0141. The minimum atomic E-state index is -2.84. The summed E-state index contributed by atoms with van der Waals surface area (Å²) in [6.45, 7) is 3.85. The lowest BCUT2D eigenvalue weighted by atomic mass is 10.1. The average Bonchev–Trinajstić information content (AvgIpc) is 1.98. The van der Waals surface area contributed by atoms with E-state index >= 15 is 0 Å². The number of hydrogen-bond acceptors (Lipinski definition) is 4. The van der Waals surface area contributed by atoms with Crippen molar-refractivity contribution in [3.05, 3.63) is 0 Å². The Hall–Kier alpha value is -0.130. The maximum atomic E-state index is 11.3. The van der Waals surface area contributed by atoms with Gasteiger partial charge in [-0.25, -0.2) is 8.42 Å². The topological polar surface area (TPSA) is 66.4 Å². The van der Waals surface area contributed by atoms with E-state index in [1.807, 2.05) is 0 Å². The second-order valence-corrected chi connectivity index (χ2v) is 6.88. The van der Waals surface area contributed by atoms with Gasteiger partial charge in [0.15, 0.2) is 9.84 Å². The van der Waals surface area contributed by atoms with Gasteiger partial charge in [-0.1, -0.05) is 0 Å². The largest absolute Gasteiger partial charge is 0.389 e. The van der Waals surface area contributed by atoms with Crippen molar-refractivity contribution in [3.63, 3.8) is 0 Å². The lowest BCUT2D eigenvalue weighted by Crippen LogP contribution is -2.45. The molecule has 0 saturated carbocycles. The van der Waals surface area contributed by atoms with E-state index in [1.165, 1.54) is 0 Å². The van der Waals surface area contributed by atoms with Gasteiger partial charge in [-0.05, 0) is 26.7 Å². The second-order valence-electron chi connectivity index (χ2n) is 4.65. The Bertz CT molecular complexity index is 279. The predicted molar refractivity (Wildman–Crippen MR) is 56.0 cm³/mol. The zero-order chi connectivity index (χ0) is 10.8. The highest BCUT2D eigenvalue weighted by Crippen LogP contribution is 2.12.